The first kappa shape index (κ1) is 7.83. The molecule has 1 aromatic rings. The number of thiocarbonyl (C=S) groups is 1. The summed E-state index contributed by atoms with van der Waals surface area (Å²) >= 11 is 4.72. The zero-order valence-corrected chi connectivity index (χ0v) is 6.43. The van der Waals surface area contributed by atoms with Gasteiger partial charge in [-0.05, 0) is 12.2 Å². The minimum absolute atomic E-state index is 0.311. The van der Waals surface area contributed by atoms with Crippen molar-refractivity contribution in [1.29, 1.82) is 0 Å². The Morgan fingerprint density at radius 1 is 1.55 bits per heavy atom. The van der Waals surface area contributed by atoms with E-state index in [1.165, 1.54) is 0 Å². The van der Waals surface area contributed by atoms with Crippen molar-refractivity contribution in [2.45, 2.75) is 0 Å². The monoisotopic (exact) mass is 169 g/mol. The first-order valence-electron chi connectivity index (χ1n) is 2.86. The second-order valence-electron chi connectivity index (χ2n) is 1.69. The number of hydrogen-bond acceptors (Lipinski definition) is 4. The molecule has 0 fully saturated rings. The van der Waals surface area contributed by atoms with Crippen LogP contribution in [-0.4, -0.2) is 15.1 Å². The fourth-order valence-electron chi connectivity index (χ4n) is 0.516. The second-order valence-corrected chi connectivity index (χ2v) is 2.10. The summed E-state index contributed by atoms with van der Waals surface area (Å²) in [6.07, 6.45) is 4.68. The number of nitrogens with zero attached hydrogens (tertiary/aromatic N) is 2. The van der Waals surface area contributed by atoms with Gasteiger partial charge in [-0.2, -0.15) is 0 Å². The average Bonchev–Trinajstić information content (AvgIpc) is 2.06. The number of rotatable bonds is 1. The third-order valence-corrected chi connectivity index (χ3v) is 1.16. The van der Waals surface area contributed by atoms with Crippen LogP contribution in [0.4, 0.5) is 5.82 Å². The Bertz CT molecular complexity index is 236. The fourth-order valence-corrected chi connectivity index (χ4v) is 0.621. The summed E-state index contributed by atoms with van der Waals surface area (Å²) in [4.78, 5) is 7.73. The van der Waals surface area contributed by atoms with E-state index < -0.39 is 0 Å². The van der Waals surface area contributed by atoms with E-state index in [9.17, 15) is 0 Å². The van der Waals surface area contributed by atoms with Gasteiger partial charge in [0.15, 0.2) is 10.9 Å². The zero-order chi connectivity index (χ0) is 8.10. The lowest BCUT2D eigenvalue weighted by Crippen LogP contribution is -2.34. The van der Waals surface area contributed by atoms with Crippen LogP contribution in [0.2, 0.25) is 0 Å². The normalized spacial score (nSPS) is 8.82. The molecule has 1 aromatic heterocycles. The predicted octanol–water partition coefficient (Wildman–Crippen LogP) is -0.363. The number of nitrogens with one attached hydrogen (secondary N) is 2. The van der Waals surface area contributed by atoms with Gasteiger partial charge in [0.05, 0.1) is 6.20 Å². The SMILES string of the molecule is NNC(=S)Nc1cnccn1. The van der Waals surface area contributed by atoms with Crippen molar-refractivity contribution in [3.05, 3.63) is 18.6 Å². The van der Waals surface area contributed by atoms with Crippen LogP contribution < -0.4 is 16.6 Å². The van der Waals surface area contributed by atoms with Crippen molar-refractivity contribution in [2.75, 3.05) is 5.32 Å². The van der Waals surface area contributed by atoms with Gasteiger partial charge in [-0.25, -0.2) is 10.8 Å². The largest absolute Gasteiger partial charge is 0.315 e. The van der Waals surface area contributed by atoms with Gasteiger partial charge in [0, 0.05) is 12.4 Å². The molecule has 5 nitrogen and oxygen atoms in total. The van der Waals surface area contributed by atoms with E-state index in [0.717, 1.165) is 0 Å². The molecule has 0 bridgehead atoms. The van der Waals surface area contributed by atoms with E-state index in [4.69, 9.17) is 18.1 Å². The van der Waals surface area contributed by atoms with Crippen molar-refractivity contribution < 1.29 is 0 Å². The van der Waals surface area contributed by atoms with Crippen molar-refractivity contribution in [2.24, 2.45) is 5.84 Å². The van der Waals surface area contributed by atoms with Crippen molar-refractivity contribution in [3.63, 3.8) is 0 Å². The molecule has 1 heterocycles. The Kier molecular flexibility index (Phi) is 2.70. The number of hydrogen-bond donors (Lipinski definition) is 3. The average molecular weight is 169 g/mol. The van der Waals surface area contributed by atoms with Gasteiger partial charge in [0.1, 0.15) is 0 Å². The standard InChI is InChI=1S/C5H7N5S/c6-10-5(11)9-4-3-7-1-2-8-4/h1-3H,6H2,(H2,8,9,10,11). The van der Waals surface area contributed by atoms with Gasteiger partial charge < -0.3 is 10.7 Å². The van der Waals surface area contributed by atoms with Gasteiger partial charge in [-0.3, -0.25) is 4.98 Å². The zero-order valence-electron chi connectivity index (χ0n) is 5.61. The first-order chi connectivity index (χ1) is 5.33. The van der Waals surface area contributed by atoms with Crippen LogP contribution in [0.15, 0.2) is 18.6 Å². The van der Waals surface area contributed by atoms with Crippen molar-refractivity contribution >= 4 is 23.1 Å². The molecule has 0 aliphatic carbocycles. The van der Waals surface area contributed by atoms with E-state index in [1.54, 1.807) is 18.6 Å². The topological polar surface area (TPSA) is 75.9 Å². The third kappa shape index (κ3) is 2.44. The van der Waals surface area contributed by atoms with Crippen LogP contribution >= 0.6 is 12.2 Å². The quantitative estimate of drug-likeness (QED) is 0.303. The highest BCUT2D eigenvalue weighted by atomic mass is 32.1. The lowest BCUT2D eigenvalue weighted by molar-refractivity contribution is 1.04. The summed E-state index contributed by atoms with van der Waals surface area (Å²) in [5, 5.41) is 3.02. The Morgan fingerprint density at radius 2 is 2.36 bits per heavy atom. The summed E-state index contributed by atoms with van der Waals surface area (Å²) in [5.74, 6) is 5.58. The Hall–Kier alpha value is -1.27. The molecule has 0 saturated carbocycles. The van der Waals surface area contributed by atoms with E-state index in [-0.39, 0.29) is 0 Å². The third-order valence-electron chi connectivity index (χ3n) is 0.936. The number of aromatic nitrogens is 2. The molecule has 0 spiro atoms. The highest BCUT2D eigenvalue weighted by Crippen LogP contribution is 1.95. The highest BCUT2D eigenvalue weighted by Gasteiger charge is 1.93. The molecular formula is C5H7N5S. The summed E-state index contributed by atoms with van der Waals surface area (Å²) in [6, 6.07) is 0. The minimum Gasteiger partial charge on any atom is -0.315 e. The Labute approximate surface area is 69.0 Å². The molecule has 6 heteroatoms. The summed E-state index contributed by atoms with van der Waals surface area (Å²) in [5.41, 5.74) is 2.27. The molecule has 0 aliphatic rings. The molecule has 0 unspecified atom stereocenters. The molecule has 0 aliphatic heterocycles. The maximum absolute atomic E-state index is 5.02. The molecule has 0 saturated heterocycles. The smallest absolute Gasteiger partial charge is 0.186 e. The van der Waals surface area contributed by atoms with Gasteiger partial charge in [-0.1, -0.05) is 0 Å². The van der Waals surface area contributed by atoms with E-state index in [2.05, 4.69) is 20.7 Å². The molecule has 11 heavy (non-hydrogen) atoms. The fraction of sp³-hybridized carbons (Fsp3) is 0. The van der Waals surface area contributed by atoms with Gasteiger partial charge in [0.25, 0.3) is 0 Å². The summed E-state index contributed by atoms with van der Waals surface area (Å²) < 4.78 is 0. The maximum Gasteiger partial charge on any atom is 0.186 e. The first-order valence-corrected chi connectivity index (χ1v) is 3.27. The number of hydrazine groups is 1. The number of nitrogens with two attached hydrogens (primary N) is 1. The van der Waals surface area contributed by atoms with Crippen LogP contribution in [0.5, 0.6) is 0 Å². The number of anilines is 1. The van der Waals surface area contributed by atoms with Gasteiger partial charge in [-0.15, -0.1) is 0 Å². The van der Waals surface area contributed by atoms with E-state index in [1.807, 2.05) is 0 Å². The van der Waals surface area contributed by atoms with Gasteiger partial charge >= 0.3 is 0 Å². The second kappa shape index (κ2) is 3.79. The lowest BCUT2D eigenvalue weighted by Gasteiger charge is -2.03. The molecule has 4 N–H and O–H groups in total. The van der Waals surface area contributed by atoms with Crippen LogP contribution in [0.25, 0.3) is 0 Å². The molecular weight excluding hydrogens is 162 g/mol. The molecule has 0 amide bonds. The molecule has 0 aromatic carbocycles. The maximum atomic E-state index is 5.02. The highest BCUT2D eigenvalue weighted by molar-refractivity contribution is 7.80. The predicted molar refractivity (Wildman–Crippen MR) is 45.6 cm³/mol. The van der Waals surface area contributed by atoms with E-state index in [0.29, 0.717) is 10.9 Å². The molecule has 0 atom stereocenters. The van der Waals surface area contributed by atoms with Crippen LogP contribution in [0.1, 0.15) is 0 Å². The molecule has 0 radical (unpaired) electrons. The summed E-state index contributed by atoms with van der Waals surface area (Å²) in [6.45, 7) is 0. The molecule has 58 valence electrons. The lowest BCUT2D eigenvalue weighted by atomic mass is 10.6. The van der Waals surface area contributed by atoms with Crippen LogP contribution in [-0.2, 0) is 0 Å². The van der Waals surface area contributed by atoms with Gasteiger partial charge in [0.2, 0.25) is 0 Å². The van der Waals surface area contributed by atoms with Crippen LogP contribution in [0, 0.1) is 0 Å². The van der Waals surface area contributed by atoms with Crippen molar-refractivity contribution in [1.82, 2.24) is 15.4 Å². The molecule has 1 rings (SSSR count). The van der Waals surface area contributed by atoms with E-state index >= 15 is 0 Å². The minimum atomic E-state index is 0.311. The Morgan fingerprint density at radius 3 is 2.91 bits per heavy atom. The van der Waals surface area contributed by atoms with Crippen LogP contribution in [0.3, 0.4) is 0 Å². The van der Waals surface area contributed by atoms with Crippen molar-refractivity contribution in [3.8, 4) is 0 Å². The Balaban J connectivity index is 2.58. The summed E-state index contributed by atoms with van der Waals surface area (Å²) in [7, 11) is 0.